The third-order valence-corrected chi connectivity index (χ3v) is 5.50. The fourth-order valence-corrected chi connectivity index (χ4v) is 3.82. The van der Waals surface area contributed by atoms with Crippen LogP contribution < -0.4 is 10.6 Å². The molecule has 4 aromatic rings. The van der Waals surface area contributed by atoms with Crippen LogP contribution in [-0.2, 0) is 4.79 Å². The van der Waals surface area contributed by atoms with Crippen LogP contribution in [0.3, 0.4) is 0 Å². The Balaban J connectivity index is 1.55. The summed E-state index contributed by atoms with van der Waals surface area (Å²) in [6, 6.07) is 37.7. The first-order valence-electron chi connectivity index (χ1n) is 11.0. The second-order valence-electron chi connectivity index (χ2n) is 7.83. The molecule has 0 heterocycles. The van der Waals surface area contributed by atoms with Gasteiger partial charge in [0.2, 0.25) is 5.91 Å². The molecule has 0 aliphatic heterocycles. The predicted molar refractivity (Wildman–Crippen MR) is 131 cm³/mol. The van der Waals surface area contributed by atoms with Gasteiger partial charge in [-0.3, -0.25) is 9.59 Å². The third-order valence-electron chi connectivity index (χ3n) is 5.50. The molecule has 0 fully saturated rings. The minimum absolute atomic E-state index is 0.124. The van der Waals surface area contributed by atoms with E-state index in [4.69, 9.17) is 0 Å². The molecule has 0 aliphatic carbocycles. The van der Waals surface area contributed by atoms with Crippen LogP contribution in [0.5, 0.6) is 0 Å². The Bertz CT molecular complexity index is 1120. The summed E-state index contributed by atoms with van der Waals surface area (Å²) < 4.78 is 0. The Morgan fingerprint density at radius 1 is 0.545 bits per heavy atom. The maximum absolute atomic E-state index is 13.2. The average Bonchev–Trinajstić information content (AvgIpc) is 2.89. The van der Waals surface area contributed by atoms with Gasteiger partial charge in [-0.25, -0.2) is 0 Å². The second-order valence-corrected chi connectivity index (χ2v) is 7.83. The molecule has 2 amide bonds. The monoisotopic (exact) mass is 434 g/mol. The maximum Gasteiger partial charge on any atom is 0.251 e. The van der Waals surface area contributed by atoms with Crippen molar-refractivity contribution in [3.63, 3.8) is 0 Å². The Hall–Kier alpha value is -4.18. The van der Waals surface area contributed by atoms with Crippen molar-refractivity contribution in [3.8, 4) is 0 Å². The van der Waals surface area contributed by atoms with E-state index in [2.05, 4.69) is 10.6 Å². The van der Waals surface area contributed by atoms with Crippen molar-refractivity contribution >= 4 is 11.8 Å². The van der Waals surface area contributed by atoms with Crippen molar-refractivity contribution in [2.45, 2.75) is 18.5 Å². The van der Waals surface area contributed by atoms with Gasteiger partial charge in [0, 0.05) is 5.56 Å². The summed E-state index contributed by atoms with van der Waals surface area (Å²) in [7, 11) is 0. The zero-order valence-electron chi connectivity index (χ0n) is 18.2. The first-order chi connectivity index (χ1) is 16.2. The highest BCUT2D eigenvalue weighted by Crippen LogP contribution is 2.23. The number of carbonyl (C=O) groups excluding carboxylic acids is 2. The number of hydrogen-bond acceptors (Lipinski definition) is 2. The molecule has 0 aliphatic rings. The average molecular weight is 435 g/mol. The molecule has 33 heavy (non-hydrogen) atoms. The van der Waals surface area contributed by atoms with Crippen LogP contribution in [0.25, 0.3) is 0 Å². The molecule has 0 spiro atoms. The van der Waals surface area contributed by atoms with Gasteiger partial charge in [0.25, 0.3) is 5.91 Å². The minimum atomic E-state index is -0.453. The Kier molecular flexibility index (Phi) is 7.29. The molecule has 0 bridgehead atoms. The molecule has 4 rings (SSSR count). The highest BCUT2D eigenvalue weighted by atomic mass is 16.2. The molecule has 4 aromatic carbocycles. The van der Waals surface area contributed by atoms with Crippen molar-refractivity contribution in [2.24, 2.45) is 0 Å². The lowest BCUT2D eigenvalue weighted by molar-refractivity contribution is -0.122. The Morgan fingerprint density at radius 3 is 1.45 bits per heavy atom. The molecule has 2 N–H and O–H groups in total. The number of hydrogen-bond donors (Lipinski definition) is 2. The SMILES string of the molecule is O=C(CC(NC(=O)c1ccccc1)c1ccccc1)NC(c1ccccc1)c1ccccc1. The maximum atomic E-state index is 13.2. The van der Waals surface area contributed by atoms with E-state index in [1.54, 1.807) is 12.1 Å². The summed E-state index contributed by atoms with van der Waals surface area (Å²) >= 11 is 0. The fraction of sp³-hybridized carbons (Fsp3) is 0.103. The van der Waals surface area contributed by atoms with Gasteiger partial charge in [0.15, 0.2) is 0 Å². The summed E-state index contributed by atoms with van der Waals surface area (Å²) in [5.41, 5.74) is 3.45. The predicted octanol–water partition coefficient (Wildman–Crippen LogP) is 5.45. The van der Waals surface area contributed by atoms with Gasteiger partial charge in [0.1, 0.15) is 0 Å². The van der Waals surface area contributed by atoms with Gasteiger partial charge in [-0.1, -0.05) is 109 Å². The van der Waals surface area contributed by atoms with Gasteiger partial charge in [-0.15, -0.1) is 0 Å². The summed E-state index contributed by atoms with van der Waals surface area (Å²) in [5.74, 6) is -0.352. The lowest BCUT2D eigenvalue weighted by atomic mass is 9.97. The lowest BCUT2D eigenvalue weighted by Gasteiger charge is -2.23. The number of carbonyl (C=O) groups is 2. The quantitative estimate of drug-likeness (QED) is 0.387. The Morgan fingerprint density at radius 2 is 0.970 bits per heavy atom. The van der Waals surface area contributed by atoms with E-state index >= 15 is 0 Å². The van der Waals surface area contributed by atoms with Crippen molar-refractivity contribution in [1.29, 1.82) is 0 Å². The summed E-state index contributed by atoms with van der Waals surface area (Å²) in [5, 5.41) is 6.21. The van der Waals surface area contributed by atoms with Gasteiger partial charge in [-0.2, -0.15) is 0 Å². The van der Waals surface area contributed by atoms with Crippen molar-refractivity contribution in [3.05, 3.63) is 144 Å². The molecule has 0 aromatic heterocycles. The van der Waals surface area contributed by atoms with Crippen LogP contribution in [0.1, 0.15) is 45.6 Å². The van der Waals surface area contributed by atoms with Crippen LogP contribution >= 0.6 is 0 Å². The Labute approximate surface area is 194 Å². The summed E-state index contributed by atoms with van der Waals surface area (Å²) in [4.78, 5) is 26.1. The van der Waals surface area contributed by atoms with Crippen LogP contribution in [0.4, 0.5) is 0 Å². The topological polar surface area (TPSA) is 58.2 Å². The van der Waals surface area contributed by atoms with E-state index in [1.807, 2.05) is 109 Å². The first-order valence-corrected chi connectivity index (χ1v) is 11.0. The lowest BCUT2D eigenvalue weighted by Crippen LogP contribution is -2.35. The molecule has 0 radical (unpaired) electrons. The minimum Gasteiger partial charge on any atom is -0.345 e. The molecule has 1 unspecified atom stereocenters. The summed E-state index contributed by atoms with van der Waals surface area (Å²) in [6.07, 6.45) is 0.124. The molecule has 0 saturated carbocycles. The number of benzene rings is 4. The van der Waals surface area contributed by atoms with E-state index in [0.717, 1.165) is 16.7 Å². The molecule has 4 heteroatoms. The summed E-state index contributed by atoms with van der Waals surface area (Å²) in [6.45, 7) is 0. The molecule has 0 saturated heterocycles. The highest BCUT2D eigenvalue weighted by Gasteiger charge is 2.22. The van der Waals surface area contributed by atoms with Crippen molar-refractivity contribution < 1.29 is 9.59 Å². The zero-order chi connectivity index (χ0) is 22.9. The highest BCUT2D eigenvalue weighted by molar-refractivity contribution is 5.94. The van der Waals surface area contributed by atoms with Crippen molar-refractivity contribution in [2.75, 3.05) is 0 Å². The number of nitrogens with one attached hydrogen (secondary N) is 2. The normalized spacial score (nSPS) is 11.5. The van der Waals surface area contributed by atoms with Crippen LogP contribution in [0, 0.1) is 0 Å². The number of rotatable bonds is 8. The van der Waals surface area contributed by atoms with Crippen LogP contribution in [0.2, 0.25) is 0 Å². The van der Waals surface area contributed by atoms with E-state index in [-0.39, 0.29) is 24.3 Å². The smallest absolute Gasteiger partial charge is 0.251 e. The molecule has 1 atom stereocenters. The number of amides is 2. The van der Waals surface area contributed by atoms with E-state index in [9.17, 15) is 9.59 Å². The molecule has 4 nitrogen and oxygen atoms in total. The molecule has 164 valence electrons. The van der Waals surface area contributed by atoms with Gasteiger partial charge >= 0.3 is 0 Å². The van der Waals surface area contributed by atoms with E-state index in [0.29, 0.717) is 5.56 Å². The molecular formula is C29H26N2O2. The van der Waals surface area contributed by atoms with E-state index < -0.39 is 6.04 Å². The van der Waals surface area contributed by atoms with Crippen molar-refractivity contribution in [1.82, 2.24) is 10.6 Å². The van der Waals surface area contributed by atoms with Crippen LogP contribution in [0.15, 0.2) is 121 Å². The van der Waals surface area contributed by atoms with Gasteiger partial charge in [0.05, 0.1) is 18.5 Å². The zero-order valence-corrected chi connectivity index (χ0v) is 18.2. The standard InChI is InChI=1S/C29H26N2O2/c32-27(31-28(23-15-7-2-8-16-23)24-17-9-3-10-18-24)21-26(22-13-5-1-6-14-22)30-29(33)25-19-11-4-12-20-25/h1-20,26,28H,21H2,(H,30,33)(H,31,32). The van der Waals surface area contributed by atoms with Gasteiger partial charge < -0.3 is 10.6 Å². The first kappa shape index (κ1) is 22.0. The second kappa shape index (κ2) is 10.9. The fourth-order valence-electron chi connectivity index (χ4n) is 3.82. The van der Waals surface area contributed by atoms with Gasteiger partial charge in [-0.05, 0) is 28.8 Å². The molecular weight excluding hydrogens is 408 g/mol. The van der Waals surface area contributed by atoms with Crippen LogP contribution in [-0.4, -0.2) is 11.8 Å². The third kappa shape index (κ3) is 5.95. The van der Waals surface area contributed by atoms with E-state index in [1.165, 1.54) is 0 Å². The largest absolute Gasteiger partial charge is 0.345 e.